The molecule has 104 valence electrons. The van der Waals surface area contributed by atoms with Crippen LogP contribution < -0.4 is 10.1 Å². The third-order valence-electron chi connectivity index (χ3n) is 3.57. The van der Waals surface area contributed by atoms with E-state index in [1.54, 1.807) is 4.57 Å². The van der Waals surface area contributed by atoms with E-state index in [1.165, 1.54) is 5.56 Å². The highest BCUT2D eigenvalue weighted by molar-refractivity contribution is 5.96. The number of nitrogens with zero attached hydrogens (tertiary/aromatic N) is 1. The highest BCUT2D eigenvalue weighted by Gasteiger charge is 2.18. The zero-order valence-corrected chi connectivity index (χ0v) is 11.6. The molecule has 3 rings (SSSR count). The topological polar surface area (TPSA) is 43.3 Å². The van der Waals surface area contributed by atoms with Gasteiger partial charge in [-0.25, -0.2) is 0 Å². The maximum absolute atomic E-state index is 12.6. The summed E-state index contributed by atoms with van der Waals surface area (Å²) in [4.78, 5) is 12.6. The summed E-state index contributed by atoms with van der Waals surface area (Å²) in [5.41, 5.74) is 3.03. The Kier molecular flexibility index (Phi) is 3.56. The SMILES string of the molecule is CCOc1ccc(C(=O)n2ccc3c2CCNC3)cc1. The van der Waals surface area contributed by atoms with Gasteiger partial charge in [0.15, 0.2) is 0 Å². The molecule has 0 spiro atoms. The Morgan fingerprint density at radius 3 is 2.85 bits per heavy atom. The number of carbonyl (C=O) groups excluding carboxylic acids is 1. The number of hydrogen-bond acceptors (Lipinski definition) is 3. The van der Waals surface area contributed by atoms with Gasteiger partial charge in [-0.05, 0) is 42.8 Å². The van der Waals surface area contributed by atoms with Crippen molar-refractivity contribution in [3.63, 3.8) is 0 Å². The highest BCUT2D eigenvalue weighted by atomic mass is 16.5. The number of ether oxygens (including phenoxy) is 1. The monoisotopic (exact) mass is 270 g/mol. The Labute approximate surface area is 118 Å². The van der Waals surface area contributed by atoms with Gasteiger partial charge in [-0.15, -0.1) is 0 Å². The molecular formula is C16H18N2O2. The van der Waals surface area contributed by atoms with Gasteiger partial charge in [0.1, 0.15) is 5.75 Å². The number of nitrogens with one attached hydrogen (secondary N) is 1. The van der Waals surface area contributed by atoms with Crippen molar-refractivity contribution in [1.29, 1.82) is 0 Å². The third kappa shape index (κ3) is 2.34. The van der Waals surface area contributed by atoms with Crippen molar-refractivity contribution in [2.45, 2.75) is 19.9 Å². The average molecular weight is 270 g/mol. The summed E-state index contributed by atoms with van der Waals surface area (Å²) in [5, 5.41) is 3.31. The van der Waals surface area contributed by atoms with Crippen LogP contribution in [0.1, 0.15) is 28.5 Å². The molecule has 0 bridgehead atoms. The van der Waals surface area contributed by atoms with Crippen LogP contribution >= 0.6 is 0 Å². The second-order valence-electron chi connectivity index (χ2n) is 4.85. The minimum atomic E-state index is 0.0243. The van der Waals surface area contributed by atoms with Crippen LogP contribution in [-0.2, 0) is 13.0 Å². The summed E-state index contributed by atoms with van der Waals surface area (Å²) in [7, 11) is 0. The first-order chi connectivity index (χ1) is 9.79. The Hall–Kier alpha value is -2.07. The molecule has 0 radical (unpaired) electrons. The van der Waals surface area contributed by atoms with Gasteiger partial charge in [-0.2, -0.15) is 0 Å². The minimum absolute atomic E-state index is 0.0243. The van der Waals surface area contributed by atoms with Crippen LogP contribution in [0.3, 0.4) is 0 Å². The molecule has 1 aliphatic rings. The summed E-state index contributed by atoms with van der Waals surface area (Å²) in [5.74, 6) is 0.819. The first-order valence-electron chi connectivity index (χ1n) is 6.97. The average Bonchev–Trinajstić information content (AvgIpc) is 2.92. The van der Waals surface area contributed by atoms with E-state index in [4.69, 9.17) is 4.74 Å². The van der Waals surface area contributed by atoms with Crippen molar-refractivity contribution in [2.75, 3.05) is 13.2 Å². The van der Waals surface area contributed by atoms with E-state index in [9.17, 15) is 4.79 Å². The van der Waals surface area contributed by atoms with Crippen molar-refractivity contribution >= 4 is 5.91 Å². The highest BCUT2D eigenvalue weighted by Crippen LogP contribution is 2.18. The molecule has 1 aromatic carbocycles. The van der Waals surface area contributed by atoms with E-state index in [0.717, 1.165) is 31.0 Å². The second kappa shape index (κ2) is 5.51. The maximum Gasteiger partial charge on any atom is 0.262 e. The molecule has 1 aliphatic heterocycles. The Balaban J connectivity index is 1.86. The molecule has 2 aromatic rings. The molecule has 20 heavy (non-hydrogen) atoms. The summed E-state index contributed by atoms with van der Waals surface area (Å²) < 4.78 is 7.17. The van der Waals surface area contributed by atoms with Gasteiger partial charge in [0.25, 0.3) is 5.91 Å². The molecule has 4 nitrogen and oxygen atoms in total. The molecule has 4 heteroatoms. The lowest BCUT2D eigenvalue weighted by Crippen LogP contribution is -2.26. The van der Waals surface area contributed by atoms with Crippen LogP contribution in [0.4, 0.5) is 0 Å². The fourth-order valence-corrected chi connectivity index (χ4v) is 2.57. The summed E-state index contributed by atoms with van der Waals surface area (Å²) in [6.45, 7) is 4.34. The molecule has 1 N–H and O–H groups in total. The summed E-state index contributed by atoms with van der Waals surface area (Å²) in [6, 6.07) is 9.35. The Morgan fingerprint density at radius 2 is 2.10 bits per heavy atom. The molecule has 1 aromatic heterocycles. The maximum atomic E-state index is 12.6. The van der Waals surface area contributed by atoms with Crippen molar-refractivity contribution < 1.29 is 9.53 Å². The normalized spacial score (nSPS) is 13.8. The van der Waals surface area contributed by atoms with Crippen molar-refractivity contribution in [3.8, 4) is 5.75 Å². The first-order valence-corrected chi connectivity index (χ1v) is 6.97. The predicted molar refractivity (Wildman–Crippen MR) is 77.2 cm³/mol. The molecule has 0 atom stereocenters. The van der Waals surface area contributed by atoms with Crippen LogP contribution in [0.15, 0.2) is 36.5 Å². The lowest BCUT2D eigenvalue weighted by Gasteiger charge is -2.16. The fraction of sp³-hybridized carbons (Fsp3) is 0.312. The zero-order valence-electron chi connectivity index (χ0n) is 11.6. The van der Waals surface area contributed by atoms with Crippen LogP contribution in [0, 0.1) is 0 Å². The zero-order chi connectivity index (χ0) is 13.9. The van der Waals surface area contributed by atoms with Crippen molar-refractivity contribution in [1.82, 2.24) is 9.88 Å². The Bertz CT molecular complexity index is 614. The molecule has 0 saturated carbocycles. The third-order valence-corrected chi connectivity index (χ3v) is 3.57. The summed E-state index contributed by atoms with van der Waals surface area (Å²) >= 11 is 0. The van der Waals surface area contributed by atoms with E-state index in [2.05, 4.69) is 5.32 Å². The lowest BCUT2D eigenvalue weighted by molar-refractivity contribution is 0.0956. The van der Waals surface area contributed by atoms with E-state index in [-0.39, 0.29) is 5.91 Å². The first kappa shape index (κ1) is 12.9. The molecule has 0 saturated heterocycles. The second-order valence-corrected chi connectivity index (χ2v) is 4.85. The predicted octanol–water partition coefficient (Wildman–Crippen LogP) is 2.22. The molecule has 0 amide bonds. The fourth-order valence-electron chi connectivity index (χ4n) is 2.57. The van der Waals surface area contributed by atoms with Crippen LogP contribution in [0.25, 0.3) is 0 Å². The van der Waals surface area contributed by atoms with E-state index in [0.29, 0.717) is 12.2 Å². The number of aromatic nitrogens is 1. The number of carbonyl (C=O) groups is 1. The van der Waals surface area contributed by atoms with E-state index < -0.39 is 0 Å². The molecule has 0 fully saturated rings. The standard InChI is InChI=1S/C16H18N2O2/c1-2-20-14-5-3-12(4-6-14)16(19)18-10-8-13-11-17-9-7-15(13)18/h3-6,8,10,17H,2,7,9,11H2,1H3. The summed E-state index contributed by atoms with van der Waals surface area (Å²) in [6.07, 6.45) is 2.77. The molecule has 0 aliphatic carbocycles. The van der Waals surface area contributed by atoms with Gasteiger partial charge in [0.05, 0.1) is 6.61 Å². The molecule has 2 heterocycles. The van der Waals surface area contributed by atoms with Gasteiger partial charge in [0.2, 0.25) is 0 Å². The number of hydrogen-bond donors (Lipinski definition) is 1. The van der Waals surface area contributed by atoms with Crippen LogP contribution in [0.2, 0.25) is 0 Å². The van der Waals surface area contributed by atoms with Crippen molar-refractivity contribution in [2.24, 2.45) is 0 Å². The lowest BCUT2D eigenvalue weighted by atomic mass is 10.1. The van der Waals surface area contributed by atoms with Crippen LogP contribution in [-0.4, -0.2) is 23.6 Å². The molecular weight excluding hydrogens is 252 g/mol. The van der Waals surface area contributed by atoms with Crippen molar-refractivity contribution in [3.05, 3.63) is 53.3 Å². The number of benzene rings is 1. The number of fused-ring (bicyclic) bond motifs is 1. The van der Waals surface area contributed by atoms with Gasteiger partial charge >= 0.3 is 0 Å². The van der Waals surface area contributed by atoms with Gasteiger partial charge < -0.3 is 10.1 Å². The largest absolute Gasteiger partial charge is 0.494 e. The van der Waals surface area contributed by atoms with Gasteiger partial charge in [-0.1, -0.05) is 0 Å². The smallest absolute Gasteiger partial charge is 0.262 e. The van der Waals surface area contributed by atoms with Gasteiger partial charge in [-0.3, -0.25) is 9.36 Å². The van der Waals surface area contributed by atoms with E-state index >= 15 is 0 Å². The van der Waals surface area contributed by atoms with E-state index in [1.807, 2.05) is 43.5 Å². The minimum Gasteiger partial charge on any atom is -0.494 e. The van der Waals surface area contributed by atoms with Gasteiger partial charge in [0, 0.05) is 37.0 Å². The van der Waals surface area contributed by atoms with Crippen LogP contribution in [0.5, 0.6) is 5.75 Å². The number of rotatable bonds is 3. The molecule has 0 unspecified atom stereocenters. The Morgan fingerprint density at radius 1 is 1.30 bits per heavy atom. The quantitative estimate of drug-likeness (QED) is 0.930.